The molecule has 0 bridgehead atoms. The molecule has 0 fully saturated rings. The van der Waals surface area contributed by atoms with Crippen LogP contribution in [0.2, 0.25) is 0 Å². The second-order valence-electron chi connectivity index (χ2n) is 6.66. The molecule has 0 radical (unpaired) electrons. The predicted molar refractivity (Wildman–Crippen MR) is 108 cm³/mol. The first-order chi connectivity index (χ1) is 12.7. The quantitative estimate of drug-likeness (QED) is 0.422. The average Bonchev–Trinajstić information content (AvgIpc) is 2.69. The van der Waals surface area contributed by atoms with Crippen LogP contribution in [0.1, 0.15) is 0 Å². The minimum Gasteiger partial charge on any atom is -1.00 e. The molecule has 0 saturated carbocycles. The molecule has 1 aromatic heterocycles. The predicted octanol–water partition coefficient (Wildman–Crippen LogP) is 0.917. The zero-order valence-electron chi connectivity index (χ0n) is 15.6. The third kappa shape index (κ3) is 3.36. The summed E-state index contributed by atoms with van der Waals surface area (Å²) in [7, 11) is 4.12. The number of aromatic nitrogens is 1. The molecule has 0 atom stereocenters. The number of hydrogen-bond donors (Lipinski definition) is 1. The fourth-order valence-corrected chi connectivity index (χ4v) is 3.70. The normalized spacial score (nSPS) is 10.8. The molecule has 3 aromatic carbocycles. The lowest BCUT2D eigenvalue weighted by Gasteiger charge is -2.18. The number of pyridine rings is 1. The van der Waals surface area contributed by atoms with Gasteiger partial charge in [0.05, 0.1) is 17.4 Å². The molecule has 3 nitrogen and oxygen atoms in total. The number of rotatable bonds is 4. The summed E-state index contributed by atoms with van der Waals surface area (Å²) in [6, 6.07) is 25.7. The molecule has 0 saturated heterocycles. The van der Waals surface area contributed by atoms with E-state index in [1.54, 1.807) is 0 Å². The number of fused-ring (bicyclic) bond motifs is 2. The Kier molecular flexibility index (Phi) is 5.64. The summed E-state index contributed by atoms with van der Waals surface area (Å²) in [4.78, 5) is 2.06. The van der Waals surface area contributed by atoms with E-state index < -0.39 is 0 Å². The van der Waals surface area contributed by atoms with Crippen LogP contribution in [-0.4, -0.2) is 25.3 Å². The first-order valence-electron chi connectivity index (χ1n) is 8.92. The van der Waals surface area contributed by atoms with Crippen molar-refractivity contribution in [1.82, 2.24) is 0 Å². The Labute approximate surface area is 165 Å². The zero-order valence-corrected chi connectivity index (χ0v) is 16.3. The molecule has 1 N–H and O–H groups in total. The van der Waals surface area contributed by atoms with E-state index in [1.165, 1.54) is 32.9 Å². The maximum absolute atomic E-state index is 9.15. The third-order valence-electron chi connectivity index (χ3n) is 5.10. The third-order valence-corrected chi connectivity index (χ3v) is 5.10. The van der Waals surface area contributed by atoms with Gasteiger partial charge in [-0.3, -0.25) is 0 Å². The number of halogens is 1. The minimum atomic E-state index is 0. The van der Waals surface area contributed by atoms with Crippen molar-refractivity contribution in [3.05, 3.63) is 72.8 Å². The molecule has 4 aromatic rings. The van der Waals surface area contributed by atoms with Crippen LogP contribution in [0.4, 0.5) is 5.69 Å². The lowest BCUT2D eigenvalue weighted by atomic mass is 9.95. The summed E-state index contributed by atoms with van der Waals surface area (Å²) in [6.07, 6.45) is 0. The van der Waals surface area contributed by atoms with Gasteiger partial charge in [-0.05, 0) is 29.8 Å². The second-order valence-corrected chi connectivity index (χ2v) is 6.66. The number of hydrogen-bond acceptors (Lipinski definition) is 2. The van der Waals surface area contributed by atoms with Crippen LogP contribution in [0.3, 0.4) is 0 Å². The highest BCUT2D eigenvalue weighted by molar-refractivity contribution is 6.07. The zero-order chi connectivity index (χ0) is 18.1. The van der Waals surface area contributed by atoms with Crippen LogP contribution in [0.25, 0.3) is 32.9 Å². The van der Waals surface area contributed by atoms with E-state index in [0.29, 0.717) is 6.54 Å². The summed E-state index contributed by atoms with van der Waals surface area (Å²) >= 11 is 0. The number of aliphatic hydroxyl groups excluding tert-OH is 1. The summed E-state index contributed by atoms with van der Waals surface area (Å²) < 4.78 is 2.26. The van der Waals surface area contributed by atoms with E-state index in [1.807, 2.05) is 7.05 Å². The van der Waals surface area contributed by atoms with E-state index in [-0.39, 0.29) is 19.0 Å². The number of benzene rings is 3. The Morgan fingerprint density at radius 3 is 1.85 bits per heavy atom. The van der Waals surface area contributed by atoms with Gasteiger partial charge in [0.25, 0.3) is 0 Å². The van der Waals surface area contributed by atoms with Crippen molar-refractivity contribution in [3.63, 3.8) is 0 Å². The van der Waals surface area contributed by atoms with Gasteiger partial charge in [-0.2, -0.15) is 4.57 Å². The monoisotopic (exact) mass is 378 g/mol. The van der Waals surface area contributed by atoms with Crippen molar-refractivity contribution in [1.29, 1.82) is 0 Å². The summed E-state index contributed by atoms with van der Waals surface area (Å²) in [5, 5.41) is 11.7. The van der Waals surface area contributed by atoms with Crippen LogP contribution in [-0.2, 0) is 7.05 Å². The summed E-state index contributed by atoms with van der Waals surface area (Å²) in [5.74, 6) is 0. The van der Waals surface area contributed by atoms with Crippen LogP contribution in [0, 0.1) is 0 Å². The first-order valence-corrected chi connectivity index (χ1v) is 8.92. The molecule has 0 aliphatic heterocycles. The Morgan fingerprint density at radius 2 is 1.33 bits per heavy atom. The lowest BCUT2D eigenvalue weighted by Crippen LogP contribution is -3.00. The topological polar surface area (TPSA) is 27.3 Å². The summed E-state index contributed by atoms with van der Waals surface area (Å²) in [6.45, 7) is 0.787. The Bertz CT molecular complexity index is 1020. The molecule has 138 valence electrons. The van der Waals surface area contributed by atoms with Crippen molar-refractivity contribution in [2.24, 2.45) is 7.05 Å². The molecule has 1 heterocycles. The van der Waals surface area contributed by atoms with Gasteiger partial charge < -0.3 is 22.4 Å². The molecule has 0 unspecified atom stereocenters. The number of nitrogens with zero attached hydrogens (tertiary/aromatic N) is 2. The van der Waals surface area contributed by atoms with Crippen molar-refractivity contribution in [2.75, 3.05) is 25.1 Å². The molecule has 0 amide bonds. The molecule has 27 heavy (non-hydrogen) atoms. The lowest BCUT2D eigenvalue weighted by molar-refractivity contribution is -0.617. The molecular weight excluding hydrogens is 356 g/mol. The highest BCUT2D eigenvalue weighted by Gasteiger charge is 2.18. The largest absolute Gasteiger partial charge is 1.00 e. The molecule has 0 spiro atoms. The summed E-state index contributed by atoms with van der Waals surface area (Å²) in [5.41, 5.74) is 6.04. The maximum atomic E-state index is 9.15. The number of aryl methyl sites for hydroxylation is 1. The van der Waals surface area contributed by atoms with Gasteiger partial charge in [-0.25, -0.2) is 0 Å². The van der Waals surface area contributed by atoms with E-state index in [4.69, 9.17) is 5.11 Å². The Morgan fingerprint density at radius 1 is 0.815 bits per heavy atom. The van der Waals surface area contributed by atoms with Crippen molar-refractivity contribution >= 4 is 27.5 Å². The Hall–Kier alpha value is -2.62. The van der Waals surface area contributed by atoms with Crippen molar-refractivity contribution in [2.45, 2.75) is 0 Å². The van der Waals surface area contributed by atoms with Crippen LogP contribution in [0.5, 0.6) is 0 Å². The van der Waals surface area contributed by atoms with E-state index >= 15 is 0 Å². The van der Waals surface area contributed by atoms with Crippen molar-refractivity contribution in [3.8, 4) is 11.1 Å². The number of likely N-dealkylation sites (N-methyl/N-ethyl adjacent to an activating group) is 1. The SMILES string of the molecule is CN(CCO)c1ccc(-c2c3ccccc3[n+](C)c3ccccc23)cc1.[Cl-]. The molecule has 4 rings (SSSR count). The van der Waals surface area contributed by atoms with Gasteiger partial charge in [-0.1, -0.05) is 36.4 Å². The molecule has 0 aliphatic rings. The van der Waals surface area contributed by atoms with Crippen molar-refractivity contribution < 1.29 is 22.1 Å². The van der Waals surface area contributed by atoms with E-state index in [2.05, 4.69) is 89.3 Å². The average molecular weight is 379 g/mol. The van der Waals surface area contributed by atoms with Gasteiger partial charge in [-0.15, -0.1) is 0 Å². The van der Waals surface area contributed by atoms with Gasteiger partial charge >= 0.3 is 0 Å². The van der Waals surface area contributed by atoms with Crippen LogP contribution >= 0.6 is 0 Å². The fourth-order valence-electron chi connectivity index (χ4n) is 3.70. The number of aliphatic hydroxyl groups is 1. The molecule has 0 aliphatic carbocycles. The fraction of sp³-hybridized carbons (Fsp3) is 0.174. The highest BCUT2D eigenvalue weighted by atomic mass is 35.5. The van der Waals surface area contributed by atoms with Gasteiger partial charge in [0, 0.05) is 37.0 Å². The number of anilines is 1. The highest BCUT2D eigenvalue weighted by Crippen LogP contribution is 2.34. The molecular formula is C23H23ClN2O. The van der Waals surface area contributed by atoms with Gasteiger partial charge in [0.2, 0.25) is 11.0 Å². The van der Waals surface area contributed by atoms with E-state index in [0.717, 1.165) is 5.69 Å². The second kappa shape index (κ2) is 7.95. The first kappa shape index (κ1) is 19.2. The van der Waals surface area contributed by atoms with E-state index in [9.17, 15) is 0 Å². The van der Waals surface area contributed by atoms with Crippen LogP contribution in [0.15, 0.2) is 72.8 Å². The number of para-hydroxylation sites is 2. The molecule has 4 heteroatoms. The Balaban J connectivity index is 0.00000210. The maximum Gasteiger partial charge on any atom is 0.213 e. The smallest absolute Gasteiger partial charge is 0.213 e. The van der Waals surface area contributed by atoms with Gasteiger partial charge in [0.15, 0.2) is 0 Å². The van der Waals surface area contributed by atoms with Crippen LogP contribution < -0.4 is 21.9 Å². The minimum absolute atomic E-state index is 0. The van der Waals surface area contributed by atoms with Gasteiger partial charge in [0.1, 0.15) is 7.05 Å². The standard InChI is InChI=1S/C23H23N2O.ClH/c1-24(15-16-26)18-13-11-17(12-14-18)23-19-7-3-5-9-21(19)25(2)22-10-6-4-8-20(22)23;/h3-14,26H,15-16H2,1-2H3;1H/q+1;/p-1.